The molecule has 6 heteroatoms. The molecule has 1 saturated carbocycles. The molecule has 21 heavy (non-hydrogen) atoms. The summed E-state index contributed by atoms with van der Waals surface area (Å²) in [5, 5.41) is 3.37. The van der Waals surface area contributed by atoms with Crippen LogP contribution in [0.3, 0.4) is 0 Å². The van der Waals surface area contributed by atoms with Crippen LogP contribution in [0.2, 0.25) is 0 Å². The second kappa shape index (κ2) is 6.58. The van der Waals surface area contributed by atoms with Crippen molar-refractivity contribution >= 4 is 28.2 Å². The summed E-state index contributed by atoms with van der Waals surface area (Å²) in [6, 6.07) is 1.74. The van der Waals surface area contributed by atoms with Gasteiger partial charge in [-0.2, -0.15) is 0 Å². The molecule has 0 atom stereocenters. The van der Waals surface area contributed by atoms with Crippen molar-refractivity contribution in [2.24, 2.45) is 5.73 Å². The molecule has 1 amide bonds. The molecule has 0 aliphatic heterocycles. The first kappa shape index (κ1) is 16.0. The van der Waals surface area contributed by atoms with E-state index < -0.39 is 11.5 Å². The zero-order chi connectivity index (χ0) is 15.5. The molecule has 1 aliphatic carbocycles. The molecule has 0 radical (unpaired) electrons. The summed E-state index contributed by atoms with van der Waals surface area (Å²) in [4.78, 5) is 25.3. The second-order valence-electron chi connectivity index (χ2n) is 5.49. The Hall–Kier alpha value is -1.40. The van der Waals surface area contributed by atoms with Crippen molar-refractivity contribution in [3.63, 3.8) is 0 Å². The molecule has 1 aliphatic rings. The molecule has 0 spiro atoms. The van der Waals surface area contributed by atoms with Crippen LogP contribution in [0.4, 0.5) is 5.00 Å². The molecule has 1 heterocycles. The number of carbonyl (C=O) groups excluding carboxylic acids is 2. The normalized spacial score (nSPS) is 17.3. The zero-order valence-corrected chi connectivity index (χ0v) is 13.3. The van der Waals surface area contributed by atoms with Gasteiger partial charge in [0, 0.05) is 4.88 Å². The highest BCUT2D eigenvalue weighted by molar-refractivity contribution is 7.16. The van der Waals surface area contributed by atoms with E-state index in [1.165, 1.54) is 11.3 Å². The van der Waals surface area contributed by atoms with Crippen LogP contribution in [0.15, 0.2) is 6.07 Å². The van der Waals surface area contributed by atoms with Crippen LogP contribution >= 0.6 is 11.3 Å². The number of aryl methyl sites for hydroxylation is 1. The van der Waals surface area contributed by atoms with E-state index in [4.69, 9.17) is 10.5 Å². The van der Waals surface area contributed by atoms with Crippen molar-refractivity contribution in [3.8, 4) is 0 Å². The maximum Gasteiger partial charge on any atom is 0.341 e. The smallest absolute Gasteiger partial charge is 0.341 e. The summed E-state index contributed by atoms with van der Waals surface area (Å²) in [5.74, 6) is -0.610. The lowest BCUT2D eigenvalue weighted by atomic mass is 9.82. The number of ether oxygens (including phenoxy) is 1. The Morgan fingerprint density at radius 3 is 2.67 bits per heavy atom. The number of nitrogens with one attached hydrogen (secondary N) is 1. The van der Waals surface area contributed by atoms with Crippen LogP contribution in [0.1, 0.15) is 54.3 Å². The topological polar surface area (TPSA) is 81.4 Å². The molecule has 0 unspecified atom stereocenters. The van der Waals surface area contributed by atoms with E-state index in [2.05, 4.69) is 5.32 Å². The molecule has 3 N–H and O–H groups in total. The quantitative estimate of drug-likeness (QED) is 0.838. The van der Waals surface area contributed by atoms with E-state index in [0.29, 0.717) is 30.0 Å². The van der Waals surface area contributed by atoms with Gasteiger partial charge < -0.3 is 15.8 Å². The molecule has 1 fully saturated rings. The number of hydrogen-bond donors (Lipinski definition) is 2. The fourth-order valence-electron chi connectivity index (χ4n) is 2.60. The average molecular weight is 310 g/mol. The van der Waals surface area contributed by atoms with Gasteiger partial charge in [-0.05, 0) is 32.8 Å². The minimum Gasteiger partial charge on any atom is -0.462 e. The summed E-state index contributed by atoms with van der Waals surface area (Å²) in [7, 11) is 0. The molecule has 0 bridgehead atoms. The Balaban J connectivity index is 2.15. The molecular weight excluding hydrogens is 288 g/mol. The maximum atomic E-state index is 12.4. The van der Waals surface area contributed by atoms with Gasteiger partial charge in [-0.15, -0.1) is 11.3 Å². The van der Waals surface area contributed by atoms with Crippen LogP contribution in [-0.4, -0.2) is 24.0 Å². The van der Waals surface area contributed by atoms with Crippen LogP contribution < -0.4 is 11.1 Å². The zero-order valence-electron chi connectivity index (χ0n) is 12.5. The van der Waals surface area contributed by atoms with Gasteiger partial charge in [0.05, 0.1) is 17.7 Å². The summed E-state index contributed by atoms with van der Waals surface area (Å²) in [5.41, 5.74) is 5.81. The first-order valence-electron chi connectivity index (χ1n) is 7.34. The fourth-order valence-corrected chi connectivity index (χ4v) is 3.50. The Kier molecular flexibility index (Phi) is 5.00. The fraction of sp³-hybridized carbons (Fsp3) is 0.600. The molecule has 1 aromatic rings. The number of carbonyl (C=O) groups is 2. The molecule has 5 nitrogen and oxygen atoms in total. The van der Waals surface area contributed by atoms with Crippen LogP contribution in [0, 0.1) is 6.92 Å². The largest absolute Gasteiger partial charge is 0.462 e. The predicted molar refractivity (Wildman–Crippen MR) is 83.6 cm³/mol. The Morgan fingerprint density at radius 2 is 2.05 bits per heavy atom. The van der Waals surface area contributed by atoms with Crippen LogP contribution in [0.5, 0.6) is 0 Å². The van der Waals surface area contributed by atoms with E-state index >= 15 is 0 Å². The lowest BCUT2D eigenvalue weighted by molar-refractivity contribution is -0.122. The number of hydrogen-bond acceptors (Lipinski definition) is 5. The van der Waals surface area contributed by atoms with Crippen molar-refractivity contribution in [3.05, 3.63) is 16.5 Å². The van der Waals surface area contributed by atoms with E-state index in [1.54, 1.807) is 13.0 Å². The minimum absolute atomic E-state index is 0.199. The minimum atomic E-state index is -0.817. The molecule has 2 rings (SSSR count). The standard InChI is InChI=1S/C15H22N2O3S/c1-3-20-13(18)11-9-10(2)21-12(11)17-14(19)15(16)7-5-4-6-8-15/h9H,3-8,16H2,1-2H3,(H,17,19). The van der Waals surface area contributed by atoms with Crippen molar-refractivity contribution in [2.75, 3.05) is 11.9 Å². The van der Waals surface area contributed by atoms with E-state index in [0.717, 1.165) is 24.1 Å². The Labute approximate surface area is 128 Å². The average Bonchev–Trinajstić information content (AvgIpc) is 2.81. The van der Waals surface area contributed by atoms with Gasteiger partial charge in [0.1, 0.15) is 5.00 Å². The molecule has 116 valence electrons. The van der Waals surface area contributed by atoms with E-state index in [9.17, 15) is 9.59 Å². The third-order valence-electron chi connectivity index (χ3n) is 3.78. The SMILES string of the molecule is CCOC(=O)c1cc(C)sc1NC(=O)C1(N)CCCCC1. The third-order valence-corrected chi connectivity index (χ3v) is 4.74. The van der Waals surface area contributed by atoms with Crippen molar-refractivity contribution in [1.82, 2.24) is 0 Å². The van der Waals surface area contributed by atoms with Crippen LogP contribution in [0.25, 0.3) is 0 Å². The van der Waals surface area contributed by atoms with Crippen LogP contribution in [-0.2, 0) is 9.53 Å². The summed E-state index contributed by atoms with van der Waals surface area (Å²) >= 11 is 1.37. The highest BCUT2D eigenvalue weighted by atomic mass is 32.1. The van der Waals surface area contributed by atoms with Crippen molar-refractivity contribution in [2.45, 2.75) is 51.5 Å². The maximum absolute atomic E-state index is 12.4. The predicted octanol–water partition coefficient (Wildman–Crippen LogP) is 2.83. The van der Waals surface area contributed by atoms with Crippen molar-refractivity contribution in [1.29, 1.82) is 0 Å². The van der Waals surface area contributed by atoms with Gasteiger partial charge in [0.15, 0.2) is 0 Å². The molecule has 0 aromatic carbocycles. The lowest BCUT2D eigenvalue weighted by Gasteiger charge is -2.31. The number of rotatable bonds is 4. The highest BCUT2D eigenvalue weighted by Gasteiger charge is 2.36. The number of esters is 1. The highest BCUT2D eigenvalue weighted by Crippen LogP contribution is 2.31. The monoisotopic (exact) mass is 310 g/mol. The summed E-state index contributed by atoms with van der Waals surface area (Å²) in [6.45, 7) is 3.95. The number of amides is 1. The molecule has 1 aromatic heterocycles. The first-order chi connectivity index (χ1) is 9.96. The Morgan fingerprint density at radius 1 is 1.38 bits per heavy atom. The summed E-state index contributed by atoms with van der Waals surface area (Å²) < 4.78 is 5.02. The second-order valence-corrected chi connectivity index (χ2v) is 6.75. The van der Waals surface area contributed by atoms with Gasteiger partial charge in [0.25, 0.3) is 0 Å². The lowest BCUT2D eigenvalue weighted by Crippen LogP contribution is -2.52. The third kappa shape index (κ3) is 3.63. The van der Waals surface area contributed by atoms with Gasteiger partial charge in [-0.3, -0.25) is 4.79 Å². The number of thiophene rings is 1. The van der Waals surface area contributed by atoms with Gasteiger partial charge in [-0.1, -0.05) is 19.3 Å². The number of anilines is 1. The van der Waals surface area contributed by atoms with Gasteiger partial charge >= 0.3 is 5.97 Å². The van der Waals surface area contributed by atoms with Gasteiger partial charge in [0.2, 0.25) is 5.91 Å². The molecular formula is C15H22N2O3S. The molecule has 0 saturated heterocycles. The van der Waals surface area contributed by atoms with E-state index in [-0.39, 0.29) is 5.91 Å². The number of nitrogens with two attached hydrogens (primary N) is 1. The van der Waals surface area contributed by atoms with Crippen molar-refractivity contribution < 1.29 is 14.3 Å². The van der Waals surface area contributed by atoms with Gasteiger partial charge in [-0.25, -0.2) is 4.79 Å². The van der Waals surface area contributed by atoms with E-state index in [1.807, 2.05) is 6.92 Å². The Bertz CT molecular complexity index is 533. The summed E-state index contributed by atoms with van der Waals surface area (Å²) in [6.07, 6.45) is 4.45. The first-order valence-corrected chi connectivity index (χ1v) is 8.16.